The summed E-state index contributed by atoms with van der Waals surface area (Å²) < 4.78 is 6.43. The van der Waals surface area contributed by atoms with E-state index in [1.807, 2.05) is 37.3 Å². The zero-order valence-electron chi connectivity index (χ0n) is 14.7. The molecule has 1 aliphatic heterocycles. The van der Waals surface area contributed by atoms with Crippen molar-refractivity contribution in [3.05, 3.63) is 45.2 Å². The molecule has 1 aromatic heterocycles. The fraction of sp³-hybridized carbons (Fsp3) is 0.389. The average Bonchev–Trinajstić information content (AvgIpc) is 2.65. The highest BCUT2D eigenvalue weighted by Gasteiger charge is 2.14. The highest BCUT2D eigenvalue weighted by molar-refractivity contribution is 14.1. The van der Waals surface area contributed by atoms with Crippen LogP contribution in [0.5, 0.6) is 0 Å². The molecular weight excluding hydrogens is 445 g/mol. The second kappa shape index (κ2) is 9.13. The monoisotopic (exact) mass is 467 g/mol. The summed E-state index contributed by atoms with van der Waals surface area (Å²) in [6, 6.07) is 9.49. The van der Waals surface area contributed by atoms with Gasteiger partial charge in [0.15, 0.2) is 0 Å². The normalized spacial score (nSPS) is 14.2. The molecule has 1 aromatic carbocycles. The van der Waals surface area contributed by atoms with Crippen LogP contribution >= 0.6 is 22.6 Å². The van der Waals surface area contributed by atoms with Gasteiger partial charge in [0, 0.05) is 47.1 Å². The lowest BCUT2D eigenvalue weighted by Crippen LogP contribution is -2.37. The van der Waals surface area contributed by atoms with Gasteiger partial charge in [-0.15, -0.1) is 0 Å². The number of ether oxygens (including phenoxy) is 1. The summed E-state index contributed by atoms with van der Waals surface area (Å²) >= 11 is 2.20. The van der Waals surface area contributed by atoms with Crippen LogP contribution in [0, 0.1) is 10.5 Å². The van der Waals surface area contributed by atoms with E-state index in [9.17, 15) is 4.79 Å². The fourth-order valence-electron chi connectivity index (χ4n) is 2.67. The average molecular weight is 467 g/mol. The van der Waals surface area contributed by atoms with Gasteiger partial charge in [-0.2, -0.15) is 4.98 Å². The molecule has 0 radical (unpaired) electrons. The van der Waals surface area contributed by atoms with Gasteiger partial charge in [-0.3, -0.25) is 4.79 Å². The van der Waals surface area contributed by atoms with Crippen molar-refractivity contribution in [3.63, 3.8) is 0 Å². The van der Waals surface area contributed by atoms with Crippen LogP contribution in [-0.4, -0.2) is 55.3 Å². The molecule has 0 bridgehead atoms. The second-order valence-corrected chi connectivity index (χ2v) is 7.23. The van der Waals surface area contributed by atoms with Crippen LogP contribution in [0.2, 0.25) is 0 Å². The molecular formula is C18H22IN5O2. The molecule has 0 spiro atoms. The molecule has 2 heterocycles. The minimum atomic E-state index is -0.0792. The lowest BCUT2D eigenvalue weighted by Gasteiger charge is -2.28. The van der Waals surface area contributed by atoms with Gasteiger partial charge in [0.25, 0.3) is 5.91 Å². The first-order chi connectivity index (χ1) is 12.6. The van der Waals surface area contributed by atoms with Crippen molar-refractivity contribution >= 4 is 40.3 Å². The standard InChI is InChI=1S/C18H22IN5O2/c1-13-11-16(24-7-9-26-10-8-24)23-18(22-13)21-6-5-20-17(25)14-3-2-4-15(19)12-14/h2-4,11-12H,5-10H2,1H3,(H,20,25)(H,21,22,23). The predicted molar refractivity (Wildman–Crippen MR) is 110 cm³/mol. The fourth-order valence-corrected chi connectivity index (χ4v) is 3.21. The Labute approximate surface area is 166 Å². The highest BCUT2D eigenvalue weighted by atomic mass is 127. The van der Waals surface area contributed by atoms with Crippen molar-refractivity contribution in [1.82, 2.24) is 15.3 Å². The molecule has 7 nitrogen and oxygen atoms in total. The van der Waals surface area contributed by atoms with E-state index in [1.54, 1.807) is 0 Å². The van der Waals surface area contributed by atoms with Crippen LogP contribution in [0.3, 0.4) is 0 Å². The van der Waals surface area contributed by atoms with E-state index in [0.717, 1.165) is 41.4 Å². The molecule has 26 heavy (non-hydrogen) atoms. The van der Waals surface area contributed by atoms with E-state index in [0.29, 0.717) is 24.6 Å². The number of nitrogens with zero attached hydrogens (tertiary/aromatic N) is 3. The van der Waals surface area contributed by atoms with Gasteiger partial charge in [0.1, 0.15) is 5.82 Å². The summed E-state index contributed by atoms with van der Waals surface area (Å²) in [6.07, 6.45) is 0. The molecule has 2 N–H and O–H groups in total. The van der Waals surface area contributed by atoms with Crippen LogP contribution in [0.25, 0.3) is 0 Å². The third-order valence-electron chi connectivity index (χ3n) is 3.96. The van der Waals surface area contributed by atoms with Crippen molar-refractivity contribution in [2.24, 2.45) is 0 Å². The Bertz CT molecular complexity index is 765. The van der Waals surface area contributed by atoms with Gasteiger partial charge in [-0.25, -0.2) is 4.98 Å². The van der Waals surface area contributed by atoms with Crippen LogP contribution in [0.15, 0.2) is 30.3 Å². The number of morpholine rings is 1. The zero-order valence-corrected chi connectivity index (χ0v) is 16.8. The minimum Gasteiger partial charge on any atom is -0.378 e. The van der Waals surface area contributed by atoms with Gasteiger partial charge >= 0.3 is 0 Å². The van der Waals surface area contributed by atoms with Crippen LogP contribution in [0.4, 0.5) is 11.8 Å². The molecule has 0 unspecified atom stereocenters. The molecule has 1 amide bonds. The van der Waals surface area contributed by atoms with Crippen molar-refractivity contribution < 1.29 is 9.53 Å². The number of anilines is 2. The number of aromatic nitrogens is 2. The Morgan fingerprint density at radius 2 is 2.04 bits per heavy atom. The quantitative estimate of drug-likeness (QED) is 0.501. The maximum absolute atomic E-state index is 12.1. The van der Waals surface area contributed by atoms with Crippen LogP contribution in [-0.2, 0) is 4.74 Å². The molecule has 0 atom stereocenters. The Balaban J connectivity index is 1.51. The lowest BCUT2D eigenvalue weighted by atomic mass is 10.2. The first kappa shape index (κ1) is 18.8. The van der Waals surface area contributed by atoms with Crippen molar-refractivity contribution in [2.75, 3.05) is 49.6 Å². The summed E-state index contributed by atoms with van der Waals surface area (Å²) in [5, 5.41) is 6.09. The predicted octanol–water partition coefficient (Wildman–Crippen LogP) is 2.07. The van der Waals surface area contributed by atoms with Gasteiger partial charge in [-0.05, 0) is 47.7 Å². The largest absolute Gasteiger partial charge is 0.378 e. The van der Waals surface area contributed by atoms with Crippen molar-refractivity contribution in [3.8, 4) is 0 Å². The van der Waals surface area contributed by atoms with Gasteiger partial charge < -0.3 is 20.3 Å². The number of halogens is 1. The smallest absolute Gasteiger partial charge is 0.251 e. The summed E-state index contributed by atoms with van der Waals surface area (Å²) in [5.41, 5.74) is 1.57. The molecule has 8 heteroatoms. The number of benzene rings is 1. The zero-order chi connectivity index (χ0) is 18.4. The summed E-state index contributed by atoms with van der Waals surface area (Å²) in [6.45, 7) is 6.11. The number of hydrogen-bond acceptors (Lipinski definition) is 6. The first-order valence-electron chi connectivity index (χ1n) is 8.58. The Kier molecular flexibility index (Phi) is 6.62. The molecule has 0 saturated carbocycles. The summed E-state index contributed by atoms with van der Waals surface area (Å²) in [5.74, 6) is 1.41. The third kappa shape index (κ3) is 5.28. The number of carbonyl (C=O) groups excluding carboxylic acids is 1. The number of nitrogens with one attached hydrogen (secondary N) is 2. The molecule has 2 aromatic rings. The first-order valence-corrected chi connectivity index (χ1v) is 9.66. The topological polar surface area (TPSA) is 79.4 Å². The number of rotatable bonds is 6. The lowest BCUT2D eigenvalue weighted by molar-refractivity contribution is 0.0955. The molecule has 3 rings (SSSR count). The molecule has 138 valence electrons. The summed E-state index contributed by atoms with van der Waals surface area (Å²) in [7, 11) is 0. The van der Waals surface area contributed by atoms with Gasteiger partial charge in [-0.1, -0.05) is 6.07 Å². The molecule has 1 saturated heterocycles. The number of carbonyl (C=O) groups is 1. The number of aryl methyl sites for hydroxylation is 1. The highest BCUT2D eigenvalue weighted by Crippen LogP contribution is 2.16. The second-order valence-electron chi connectivity index (χ2n) is 5.98. The van der Waals surface area contributed by atoms with Crippen molar-refractivity contribution in [1.29, 1.82) is 0 Å². The van der Waals surface area contributed by atoms with Crippen LogP contribution < -0.4 is 15.5 Å². The maximum Gasteiger partial charge on any atom is 0.251 e. The third-order valence-corrected chi connectivity index (χ3v) is 4.63. The van der Waals surface area contributed by atoms with E-state index in [1.165, 1.54) is 0 Å². The SMILES string of the molecule is Cc1cc(N2CCOCC2)nc(NCCNC(=O)c2cccc(I)c2)n1. The van der Waals surface area contributed by atoms with E-state index < -0.39 is 0 Å². The number of amides is 1. The van der Waals surface area contributed by atoms with Gasteiger partial charge in [0.2, 0.25) is 5.95 Å². The Morgan fingerprint density at radius 1 is 1.23 bits per heavy atom. The Morgan fingerprint density at radius 3 is 2.81 bits per heavy atom. The van der Waals surface area contributed by atoms with E-state index in [4.69, 9.17) is 4.74 Å². The maximum atomic E-state index is 12.1. The van der Waals surface area contributed by atoms with Crippen molar-refractivity contribution in [2.45, 2.75) is 6.92 Å². The number of hydrogen-bond donors (Lipinski definition) is 2. The Hall–Kier alpha value is -1.94. The molecule has 1 fully saturated rings. The molecule has 0 aliphatic carbocycles. The van der Waals surface area contributed by atoms with E-state index in [2.05, 4.69) is 48.1 Å². The van der Waals surface area contributed by atoms with Gasteiger partial charge in [0.05, 0.1) is 13.2 Å². The molecule has 1 aliphatic rings. The van der Waals surface area contributed by atoms with E-state index in [-0.39, 0.29) is 5.91 Å². The minimum absolute atomic E-state index is 0.0792. The van der Waals surface area contributed by atoms with Crippen LogP contribution in [0.1, 0.15) is 16.1 Å². The summed E-state index contributed by atoms with van der Waals surface area (Å²) in [4.78, 5) is 23.3. The van der Waals surface area contributed by atoms with E-state index >= 15 is 0 Å².